The van der Waals surface area contributed by atoms with Crippen molar-refractivity contribution >= 4 is 17.6 Å². The van der Waals surface area contributed by atoms with Gasteiger partial charge in [0.05, 0.1) is 12.3 Å². The van der Waals surface area contributed by atoms with E-state index in [1.54, 1.807) is 0 Å². The molecule has 7 heteroatoms. The molecule has 1 aliphatic rings. The summed E-state index contributed by atoms with van der Waals surface area (Å²) < 4.78 is 5.76. The molecule has 0 bridgehead atoms. The van der Waals surface area contributed by atoms with Crippen molar-refractivity contribution < 1.29 is 14.3 Å². The summed E-state index contributed by atoms with van der Waals surface area (Å²) >= 11 is 0. The normalized spacial score (nSPS) is 15.4. The highest BCUT2D eigenvalue weighted by Crippen LogP contribution is 2.24. The fraction of sp³-hybridized carbons (Fsp3) is 0.619. The molecule has 1 aromatic carbocycles. The van der Waals surface area contributed by atoms with E-state index in [1.165, 1.54) is 0 Å². The average molecular weight is 391 g/mol. The van der Waals surface area contributed by atoms with Gasteiger partial charge in [-0.1, -0.05) is 26.0 Å². The van der Waals surface area contributed by atoms with Gasteiger partial charge in [0.2, 0.25) is 5.91 Å². The highest BCUT2D eigenvalue weighted by molar-refractivity contribution is 5.90. The van der Waals surface area contributed by atoms with Crippen molar-refractivity contribution in [3.8, 4) is 5.75 Å². The van der Waals surface area contributed by atoms with Crippen molar-refractivity contribution in [3.05, 3.63) is 24.3 Å². The number of anilines is 1. The quantitative estimate of drug-likeness (QED) is 0.535. The van der Waals surface area contributed by atoms with Crippen LogP contribution in [0.15, 0.2) is 24.3 Å². The summed E-state index contributed by atoms with van der Waals surface area (Å²) in [6.07, 6.45) is 3.63. The number of para-hydroxylation sites is 2. The number of carbonyl (C=O) groups excluding carboxylic acids is 2. The topological polar surface area (TPSA) is 96.7 Å². The van der Waals surface area contributed by atoms with Crippen molar-refractivity contribution in [2.75, 3.05) is 38.1 Å². The van der Waals surface area contributed by atoms with E-state index in [0.29, 0.717) is 30.5 Å². The third-order valence-electron chi connectivity index (χ3n) is 4.88. The van der Waals surface area contributed by atoms with Gasteiger partial charge < -0.3 is 26.0 Å². The van der Waals surface area contributed by atoms with E-state index in [-0.39, 0.29) is 17.9 Å². The third kappa shape index (κ3) is 7.76. The standard InChI is InChI=1S/C21H34N4O3/c1-16(2)15-28-19-8-4-3-7-18(19)24-21(27)23-11-5-6-12-25-13-9-17(10-14-25)20(22)26/h3-4,7-8,16-17H,5-6,9-15H2,1-2H3,(H2,22,26)(H2,23,24,27). The van der Waals surface area contributed by atoms with Gasteiger partial charge in [-0.05, 0) is 63.4 Å². The first-order chi connectivity index (χ1) is 13.5. The van der Waals surface area contributed by atoms with Gasteiger partial charge >= 0.3 is 6.03 Å². The van der Waals surface area contributed by atoms with Gasteiger partial charge in [0, 0.05) is 12.5 Å². The molecule has 7 nitrogen and oxygen atoms in total. The number of ether oxygens (including phenoxy) is 1. The minimum atomic E-state index is -0.220. The molecular formula is C21H34N4O3. The number of unbranched alkanes of at least 4 members (excludes halogenated alkanes) is 1. The number of carbonyl (C=O) groups is 2. The van der Waals surface area contributed by atoms with Crippen LogP contribution in [0.25, 0.3) is 0 Å². The maximum absolute atomic E-state index is 12.1. The number of nitrogens with one attached hydrogen (secondary N) is 2. The monoisotopic (exact) mass is 390 g/mol. The molecule has 2 rings (SSSR count). The average Bonchev–Trinajstić information content (AvgIpc) is 2.67. The smallest absolute Gasteiger partial charge is 0.319 e. The van der Waals surface area contributed by atoms with Crippen LogP contribution >= 0.6 is 0 Å². The van der Waals surface area contributed by atoms with E-state index < -0.39 is 0 Å². The van der Waals surface area contributed by atoms with Crippen molar-refractivity contribution in [2.24, 2.45) is 17.6 Å². The minimum absolute atomic E-state index is 0.0361. The number of benzene rings is 1. The number of likely N-dealkylation sites (tertiary alicyclic amines) is 1. The third-order valence-corrected chi connectivity index (χ3v) is 4.88. The summed E-state index contributed by atoms with van der Waals surface area (Å²) in [5, 5.41) is 5.76. The molecular weight excluding hydrogens is 356 g/mol. The number of nitrogens with zero attached hydrogens (tertiary/aromatic N) is 1. The fourth-order valence-electron chi connectivity index (χ4n) is 3.22. The molecule has 28 heavy (non-hydrogen) atoms. The van der Waals surface area contributed by atoms with E-state index in [1.807, 2.05) is 24.3 Å². The van der Waals surface area contributed by atoms with Crippen LogP contribution in [-0.4, -0.2) is 49.6 Å². The summed E-state index contributed by atoms with van der Waals surface area (Å²) in [5.74, 6) is 0.967. The molecule has 1 saturated heterocycles. The molecule has 0 saturated carbocycles. The summed E-state index contributed by atoms with van der Waals surface area (Å²) in [6, 6.07) is 7.25. The van der Waals surface area contributed by atoms with E-state index in [0.717, 1.165) is 45.3 Å². The molecule has 1 aromatic rings. The molecule has 0 atom stereocenters. The van der Waals surface area contributed by atoms with E-state index >= 15 is 0 Å². The number of nitrogens with two attached hydrogens (primary N) is 1. The summed E-state index contributed by atoms with van der Waals surface area (Å²) in [4.78, 5) is 25.7. The van der Waals surface area contributed by atoms with E-state index in [2.05, 4.69) is 29.4 Å². The molecule has 0 unspecified atom stereocenters. The van der Waals surface area contributed by atoms with Crippen molar-refractivity contribution in [2.45, 2.75) is 39.5 Å². The number of rotatable bonds is 10. The molecule has 1 fully saturated rings. The Morgan fingerprint density at radius 3 is 2.61 bits per heavy atom. The Bertz CT molecular complexity index is 628. The Balaban J connectivity index is 1.61. The van der Waals surface area contributed by atoms with Gasteiger partial charge in [0.25, 0.3) is 0 Å². The lowest BCUT2D eigenvalue weighted by Crippen LogP contribution is -2.39. The summed E-state index contributed by atoms with van der Waals surface area (Å²) in [7, 11) is 0. The maximum Gasteiger partial charge on any atom is 0.319 e. The molecule has 1 heterocycles. The van der Waals surface area contributed by atoms with E-state index in [4.69, 9.17) is 10.5 Å². The fourth-order valence-corrected chi connectivity index (χ4v) is 3.22. The lowest BCUT2D eigenvalue weighted by atomic mass is 9.96. The van der Waals surface area contributed by atoms with E-state index in [9.17, 15) is 9.59 Å². The van der Waals surface area contributed by atoms with Gasteiger partial charge in [-0.15, -0.1) is 0 Å². The Morgan fingerprint density at radius 1 is 1.21 bits per heavy atom. The largest absolute Gasteiger partial charge is 0.491 e. The van der Waals surface area contributed by atoms with Crippen LogP contribution in [0.1, 0.15) is 39.5 Å². The van der Waals surface area contributed by atoms with Gasteiger partial charge in [0.15, 0.2) is 0 Å². The van der Waals surface area contributed by atoms with Crippen molar-refractivity contribution in [3.63, 3.8) is 0 Å². The molecule has 0 spiro atoms. The molecule has 0 aliphatic carbocycles. The second-order valence-corrected chi connectivity index (χ2v) is 7.81. The van der Waals surface area contributed by atoms with Crippen LogP contribution in [0.2, 0.25) is 0 Å². The number of primary amides is 1. The highest BCUT2D eigenvalue weighted by atomic mass is 16.5. The Hall–Kier alpha value is -2.28. The predicted octanol–water partition coefficient (Wildman–Crippen LogP) is 2.82. The van der Waals surface area contributed by atoms with Crippen LogP contribution in [0, 0.1) is 11.8 Å². The summed E-state index contributed by atoms with van der Waals surface area (Å²) in [6.45, 7) is 8.24. The molecule has 1 aliphatic heterocycles. The predicted molar refractivity (Wildman–Crippen MR) is 111 cm³/mol. The van der Waals surface area contributed by atoms with Crippen LogP contribution in [0.5, 0.6) is 5.75 Å². The number of amides is 3. The molecule has 0 aromatic heterocycles. The second-order valence-electron chi connectivity index (χ2n) is 7.81. The van der Waals surface area contributed by atoms with Crippen LogP contribution in [-0.2, 0) is 4.79 Å². The lowest BCUT2D eigenvalue weighted by Gasteiger charge is -2.30. The zero-order valence-corrected chi connectivity index (χ0v) is 17.1. The second kappa shape index (κ2) is 11.5. The minimum Gasteiger partial charge on any atom is -0.491 e. The van der Waals surface area contributed by atoms with Gasteiger partial charge in [-0.25, -0.2) is 4.79 Å². The van der Waals surface area contributed by atoms with Crippen molar-refractivity contribution in [1.29, 1.82) is 0 Å². The van der Waals surface area contributed by atoms with Crippen LogP contribution in [0.4, 0.5) is 10.5 Å². The van der Waals surface area contributed by atoms with Gasteiger partial charge in [-0.2, -0.15) is 0 Å². The number of hydrogen-bond donors (Lipinski definition) is 3. The van der Waals surface area contributed by atoms with Gasteiger partial charge in [-0.3, -0.25) is 4.79 Å². The Labute approximate surface area is 168 Å². The van der Waals surface area contributed by atoms with Crippen LogP contribution in [0.3, 0.4) is 0 Å². The number of hydrogen-bond acceptors (Lipinski definition) is 4. The zero-order chi connectivity index (χ0) is 20.4. The molecule has 4 N–H and O–H groups in total. The molecule has 3 amide bonds. The highest BCUT2D eigenvalue weighted by Gasteiger charge is 2.22. The SMILES string of the molecule is CC(C)COc1ccccc1NC(=O)NCCCCN1CCC(C(N)=O)CC1. The van der Waals surface area contributed by atoms with Crippen LogP contribution < -0.4 is 21.1 Å². The Kier molecular flexibility index (Phi) is 9.07. The molecule has 156 valence electrons. The van der Waals surface area contributed by atoms with Gasteiger partial charge in [0.1, 0.15) is 5.75 Å². The first kappa shape index (κ1) is 22.0. The lowest BCUT2D eigenvalue weighted by molar-refractivity contribution is -0.123. The number of piperidine rings is 1. The zero-order valence-electron chi connectivity index (χ0n) is 17.1. The molecule has 0 radical (unpaired) electrons. The first-order valence-electron chi connectivity index (χ1n) is 10.2. The first-order valence-corrected chi connectivity index (χ1v) is 10.2. The maximum atomic E-state index is 12.1. The number of urea groups is 1. The summed E-state index contributed by atoms with van der Waals surface area (Å²) in [5.41, 5.74) is 6.04. The Morgan fingerprint density at radius 2 is 1.93 bits per heavy atom. The van der Waals surface area contributed by atoms with Crippen molar-refractivity contribution in [1.82, 2.24) is 10.2 Å².